The summed E-state index contributed by atoms with van der Waals surface area (Å²) in [5, 5.41) is 9.05. The number of amides is 1. The van der Waals surface area contributed by atoms with E-state index in [-0.39, 0.29) is 11.9 Å². The molecule has 1 heterocycles. The van der Waals surface area contributed by atoms with Gasteiger partial charge >= 0.3 is 0 Å². The van der Waals surface area contributed by atoms with Gasteiger partial charge in [0.2, 0.25) is 5.91 Å². The molecule has 162 valence electrons. The maximum absolute atomic E-state index is 12.8. The predicted octanol–water partition coefficient (Wildman–Crippen LogP) is 5.12. The summed E-state index contributed by atoms with van der Waals surface area (Å²) in [4.78, 5) is 17.1. The Hall–Kier alpha value is -3.48. The van der Waals surface area contributed by atoms with Crippen LogP contribution in [0.3, 0.4) is 0 Å². The van der Waals surface area contributed by atoms with E-state index < -0.39 is 0 Å². The minimum atomic E-state index is -0.0165. The molecule has 0 unspecified atom stereocenters. The Labute approximate surface area is 192 Å². The number of hydrogen-bond acceptors (Lipinski definition) is 5. The molecular formula is C26H26N4OS. The Morgan fingerprint density at radius 1 is 0.906 bits per heavy atom. The number of nitrogens with zero attached hydrogens (tertiary/aromatic N) is 1. The molecule has 32 heavy (non-hydrogen) atoms. The summed E-state index contributed by atoms with van der Waals surface area (Å²) in [6.07, 6.45) is 1.16. The van der Waals surface area contributed by atoms with Crippen molar-refractivity contribution in [1.29, 1.82) is 0 Å². The lowest BCUT2D eigenvalue weighted by molar-refractivity contribution is -0.116. The molecule has 0 spiro atoms. The van der Waals surface area contributed by atoms with Crippen LogP contribution in [0.5, 0.6) is 0 Å². The van der Waals surface area contributed by atoms with Crippen molar-refractivity contribution >= 4 is 28.1 Å². The van der Waals surface area contributed by atoms with Gasteiger partial charge in [0, 0.05) is 35.6 Å². The molecule has 5 nitrogen and oxygen atoms in total. The normalized spacial score (nSPS) is 11.8. The number of nitrogens with one attached hydrogen (secondary N) is 2. The second kappa shape index (κ2) is 10.7. The van der Waals surface area contributed by atoms with Crippen LogP contribution in [-0.2, 0) is 17.8 Å². The van der Waals surface area contributed by atoms with Crippen LogP contribution in [0.1, 0.15) is 17.5 Å². The fourth-order valence-electron chi connectivity index (χ4n) is 3.55. The number of hydrogen-bond donors (Lipinski definition) is 3. The summed E-state index contributed by atoms with van der Waals surface area (Å²) in [6.45, 7) is 0.719. The number of carbonyl (C=O) groups is 1. The molecule has 0 aliphatic rings. The summed E-state index contributed by atoms with van der Waals surface area (Å²) in [6, 6.07) is 28.2. The number of rotatable bonds is 9. The summed E-state index contributed by atoms with van der Waals surface area (Å²) < 4.78 is 0. The number of anilines is 2. The van der Waals surface area contributed by atoms with Crippen LogP contribution >= 0.6 is 11.3 Å². The molecule has 3 aromatic carbocycles. The van der Waals surface area contributed by atoms with Crippen LogP contribution in [0, 0.1) is 0 Å². The minimum absolute atomic E-state index is 0.0165. The zero-order chi connectivity index (χ0) is 22.2. The van der Waals surface area contributed by atoms with Gasteiger partial charge in [0.05, 0.1) is 5.69 Å². The fraction of sp³-hybridized carbons (Fsp3) is 0.154. The van der Waals surface area contributed by atoms with E-state index in [0.717, 1.165) is 29.9 Å². The molecule has 1 amide bonds. The predicted molar refractivity (Wildman–Crippen MR) is 132 cm³/mol. The van der Waals surface area contributed by atoms with E-state index in [2.05, 4.69) is 39.9 Å². The molecule has 0 saturated heterocycles. The zero-order valence-corrected chi connectivity index (χ0v) is 18.5. The average Bonchev–Trinajstić information content (AvgIpc) is 3.25. The van der Waals surface area contributed by atoms with Crippen LogP contribution in [0.15, 0.2) is 90.3 Å². The summed E-state index contributed by atoms with van der Waals surface area (Å²) in [5.74, 6) is -0.0165. The molecule has 0 saturated carbocycles. The first-order valence-electron chi connectivity index (χ1n) is 10.6. The molecule has 0 fully saturated rings. The molecule has 0 aliphatic carbocycles. The maximum atomic E-state index is 12.8. The Kier molecular flexibility index (Phi) is 7.27. The first kappa shape index (κ1) is 21.7. The number of thiazole rings is 1. The number of nitrogen functional groups attached to an aromatic ring is 1. The third kappa shape index (κ3) is 6.26. The Balaban J connectivity index is 1.38. The van der Waals surface area contributed by atoms with E-state index in [0.29, 0.717) is 11.6 Å². The van der Waals surface area contributed by atoms with Gasteiger partial charge in [-0.2, -0.15) is 0 Å². The molecule has 6 heteroatoms. The molecule has 1 aromatic heterocycles. The zero-order valence-electron chi connectivity index (χ0n) is 17.7. The first-order chi connectivity index (χ1) is 15.7. The largest absolute Gasteiger partial charge is 0.375 e. The van der Waals surface area contributed by atoms with Crippen molar-refractivity contribution in [1.82, 2.24) is 10.3 Å². The Bertz CT molecular complexity index is 1130. The van der Waals surface area contributed by atoms with Gasteiger partial charge in [-0.25, -0.2) is 4.98 Å². The summed E-state index contributed by atoms with van der Waals surface area (Å²) in [7, 11) is 0. The van der Waals surface area contributed by atoms with Gasteiger partial charge in [0.25, 0.3) is 0 Å². The monoisotopic (exact) mass is 442 g/mol. The van der Waals surface area contributed by atoms with Crippen molar-refractivity contribution in [3.8, 4) is 11.3 Å². The van der Waals surface area contributed by atoms with Gasteiger partial charge in [-0.15, -0.1) is 11.3 Å². The van der Waals surface area contributed by atoms with Gasteiger partial charge in [0.1, 0.15) is 0 Å². The molecule has 4 aromatic rings. The highest BCUT2D eigenvalue weighted by molar-refractivity contribution is 7.13. The highest BCUT2D eigenvalue weighted by Gasteiger charge is 2.15. The third-order valence-electron chi connectivity index (χ3n) is 5.18. The van der Waals surface area contributed by atoms with Crippen molar-refractivity contribution in [3.05, 3.63) is 101 Å². The first-order valence-corrected chi connectivity index (χ1v) is 11.5. The van der Waals surface area contributed by atoms with Crippen molar-refractivity contribution < 1.29 is 4.79 Å². The Morgan fingerprint density at radius 3 is 2.19 bits per heavy atom. The van der Waals surface area contributed by atoms with Gasteiger partial charge in [-0.3, -0.25) is 4.79 Å². The standard InChI is InChI=1S/C26H26N4OS/c27-26-30-24(18-32-26)21-11-13-22(14-12-21)29-25(31)16-23(15-19-7-3-1-4-8-19)28-17-20-9-5-2-6-10-20/h1-14,18,23,28H,15-17H2,(H2,27,30)(H,29,31)/t23-/m0/s1. The maximum Gasteiger partial charge on any atom is 0.225 e. The smallest absolute Gasteiger partial charge is 0.225 e. The van der Waals surface area contributed by atoms with Crippen LogP contribution in [0.4, 0.5) is 10.8 Å². The summed E-state index contributed by atoms with van der Waals surface area (Å²) in [5.41, 5.74) is 10.7. The van der Waals surface area contributed by atoms with Crippen molar-refractivity contribution in [3.63, 3.8) is 0 Å². The van der Waals surface area contributed by atoms with Crippen LogP contribution in [0.2, 0.25) is 0 Å². The van der Waals surface area contributed by atoms with E-state index >= 15 is 0 Å². The van der Waals surface area contributed by atoms with E-state index in [9.17, 15) is 4.79 Å². The lowest BCUT2D eigenvalue weighted by Gasteiger charge is -2.19. The topological polar surface area (TPSA) is 80.0 Å². The fourth-order valence-corrected chi connectivity index (χ4v) is 4.13. The minimum Gasteiger partial charge on any atom is -0.375 e. The van der Waals surface area contributed by atoms with Crippen molar-refractivity contribution in [2.75, 3.05) is 11.1 Å². The molecule has 0 bridgehead atoms. The van der Waals surface area contributed by atoms with Crippen molar-refractivity contribution in [2.45, 2.75) is 25.4 Å². The number of aromatic nitrogens is 1. The molecular weight excluding hydrogens is 416 g/mol. The lowest BCUT2D eigenvalue weighted by Crippen LogP contribution is -2.34. The summed E-state index contributed by atoms with van der Waals surface area (Å²) >= 11 is 1.41. The average molecular weight is 443 g/mol. The third-order valence-corrected chi connectivity index (χ3v) is 5.85. The molecule has 0 aliphatic heterocycles. The van der Waals surface area contributed by atoms with E-state index in [1.807, 2.05) is 66.0 Å². The number of benzene rings is 3. The molecule has 1 atom stereocenters. The van der Waals surface area contributed by atoms with E-state index in [4.69, 9.17) is 5.73 Å². The quantitative estimate of drug-likeness (QED) is 0.336. The van der Waals surface area contributed by atoms with E-state index in [1.165, 1.54) is 22.5 Å². The second-order valence-electron chi connectivity index (χ2n) is 7.65. The lowest BCUT2D eigenvalue weighted by atomic mass is 10.0. The van der Waals surface area contributed by atoms with Gasteiger partial charge in [0.15, 0.2) is 5.13 Å². The molecule has 4 N–H and O–H groups in total. The van der Waals surface area contributed by atoms with E-state index in [1.54, 1.807) is 0 Å². The number of carbonyl (C=O) groups excluding carboxylic acids is 1. The highest BCUT2D eigenvalue weighted by atomic mass is 32.1. The van der Waals surface area contributed by atoms with Crippen LogP contribution < -0.4 is 16.4 Å². The van der Waals surface area contributed by atoms with Gasteiger partial charge in [-0.1, -0.05) is 72.8 Å². The molecule has 0 radical (unpaired) electrons. The number of nitrogens with two attached hydrogens (primary N) is 1. The Morgan fingerprint density at radius 2 is 1.56 bits per heavy atom. The van der Waals surface area contributed by atoms with Gasteiger partial charge in [-0.05, 0) is 29.7 Å². The van der Waals surface area contributed by atoms with Crippen LogP contribution in [-0.4, -0.2) is 16.9 Å². The SMILES string of the molecule is Nc1nc(-c2ccc(NC(=O)C[C@H](Cc3ccccc3)NCc3ccccc3)cc2)cs1. The van der Waals surface area contributed by atoms with Crippen LogP contribution in [0.25, 0.3) is 11.3 Å². The second-order valence-corrected chi connectivity index (χ2v) is 8.54. The van der Waals surface area contributed by atoms with Crippen molar-refractivity contribution in [2.24, 2.45) is 0 Å². The molecule has 4 rings (SSSR count). The highest BCUT2D eigenvalue weighted by Crippen LogP contribution is 2.24. The van der Waals surface area contributed by atoms with Gasteiger partial charge < -0.3 is 16.4 Å².